The molecule has 0 aromatic heterocycles. The molecule has 0 aliphatic heterocycles. The maximum atomic E-state index is 14.1. The summed E-state index contributed by atoms with van der Waals surface area (Å²) >= 11 is 0. The van der Waals surface area contributed by atoms with Crippen molar-refractivity contribution in [3.05, 3.63) is 29.6 Å². The summed E-state index contributed by atoms with van der Waals surface area (Å²) in [6, 6.07) is 4.64. The molecule has 112 valence electrons. The van der Waals surface area contributed by atoms with Crippen molar-refractivity contribution in [2.75, 3.05) is 7.05 Å². The van der Waals surface area contributed by atoms with E-state index >= 15 is 0 Å². The van der Waals surface area contributed by atoms with E-state index in [0.29, 0.717) is 12.6 Å². The lowest BCUT2D eigenvalue weighted by Gasteiger charge is -2.17. The van der Waals surface area contributed by atoms with Gasteiger partial charge in [0.15, 0.2) is 0 Å². The van der Waals surface area contributed by atoms with E-state index in [9.17, 15) is 12.8 Å². The van der Waals surface area contributed by atoms with Crippen LogP contribution in [0.1, 0.15) is 32.3 Å². The molecule has 6 heteroatoms. The Morgan fingerprint density at radius 2 is 2.05 bits per heavy atom. The van der Waals surface area contributed by atoms with Crippen molar-refractivity contribution in [1.29, 1.82) is 0 Å². The fourth-order valence-electron chi connectivity index (χ4n) is 1.98. The predicted octanol–water partition coefficient (Wildman–Crippen LogP) is 2.11. The van der Waals surface area contributed by atoms with E-state index in [-0.39, 0.29) is 10.9 Å². The Kier molecular flexibility index (Phi) is 4.46. The Morgan fingerprint density at radius 1 is 1.40 bits per heavy atom. The molecule has 0 amide bonds. The molecule has 1 aliphatic rings. The summed E-state index contributed by atoms with van der Waals surface area (Å²) in [5, 5.41) is 3.17. The molecule has 0 radical (unpaired) electrons. The van der Waals surface area contributed by atoms with Crippen LogP contribution in [0.15, 0.2) is 23.1 Å². The number of nitrogens with one attached hydrogen (secondary N) is 1. The Hall–Kier alpha value is -0.980. The minimum Gasteiger partial charge on any atom is -0.310 e. The third kappa shape index (κ3) is 3.37. The summed E-state index contributed by atoms with van der Waals surface area (Å²) in [5.74, 6) is -0.680. The van der Waals surface area contributed by atoms with Crippen molar-refractivity contribution in [3.63, 3.8) is 0 Å². The van der Waals surface area contributed by atoms with Gasteiger partial charge in [-0.25, -0.2) is 12.8 Å². The monoisotopic (exact) mass is 300 g/mol. The zero-order valence-electron chi connectivity index (χ0n) is 12.1. The summed E-state index contributed by atoms with van der Waals surface area (Å²) in [6.07, 6.45) is 1.71. The Labute approximate surface area is 120 Å². The fourth-order valence-corrected chi connectivity index (χ4v) is 3.43. The van der Waals surface area contributed by atoms with Crippen molar-refractivity contribution in [2.45, 2.75) is 50.2 Å². The average molecular weight is 300 g/mol. The quantitative estimate of drug-likeness (QED) is 0.875. The van der Waals surface area contributed by atoms with Crippen LogP contribution in [0.25, 0.3) is 0 Å². The lowest BCUT2D eigenvalue weighted by atomic mass is 10.2. The molecule has 0 atom stereocenters. The summed E-state index contributed by atoms with van der Waals surface area (Å²) in [4.78, 5) is -0.236. The summed E-state index contributed by atoms with van der Waals surface area (Å²) < 4.78 is 39.9. The second kappa shape index (κ2) is 5.79. The zero-order valence-corrected chi connectivity index (χ0v) is 12.9. The molecule has 2 rings (SSSR count). The first kappa shape index (κ1) is 15.4. The van der Waals surface area contributed by atoms with E-state index in [1.807, 2.05) is 13.8 Å². The minimum absolute atomic E-state index is 0.0293. The Morgan fingerprint density at radius 3 is 2.55 bits per heavy atom. The fraction of sp³-hybridized carbons (Fsp3) is 0.571. The van der Waals surface area contributed by atoms with E-state index in [1.165, 1.54) is 23.5 Å². The first-order valence-corrected chi connectivity index (χ1v) is 8.26. The van der Waals surface area contributed by atoms with Gasteiger partial charge in [-0.1, -0.05) is 19.9 Å². The highest BCUT2D eigenvalue weighted by molar-refractivity contribution is 7.89. The van der Waals surface area contributed by atoms with Gasteiger partial charge in [0, 0.05) is 25.7 Å². The molecule has 20 heavy (non-hydrogen) atoms. The highest BCUT2D eigenvalue weighted by Crippen LogP contribution is 2.31. The standard InChI is InChI=1S/C14H21FN2O2S/c1-10(2)16-9-11-4-7-14(13(15)8-11)20(18,19)17(3)12-5-6-12/h4,7-8,10,12,16H,5-6,9H2,1-3H3. The van der Waals surface area contributed by atoms with Crippen LogP contribution < -0.4 is 5.32 Å². The Balaban J connectivity index is 2.20. The second-order valence-electron chi connectivity index (χ2n) is 5.55. The summed E-state index contributed by atoms with van der Waals surface area (Å²) in [7, 11) is -2.20. The molecule has 1 aromatic rings. The summed E-state index contributed by atoms with van der Waals surface area (Å²) in [5.41, 5.74) is 0.740. The number of hydrogen-bond donors (Lipinski definition) is 1. The van der Waals surface area contributed by atoms with Gasteiger partial charge in [-0.05, 0) is 30.5 Å². The molecule has 0 saturated heterocycles. The van der Waals surface area contributed by atoms with E-state index in [2.05, 4.69) is 5.32 Å². The van der Waals surface area contributed by atoms with E-state index in [1.54, 1.807) is 6.07 Å². The van der Waals surface area contributed by atoms with Gasteiger partial charge in [0.1, 0.15) is 10.7 Å². The summed E-state index contributed by atoms with van der Waals surface area (Å²) in [6.45, 7) is 4.52. The molecular weight excluding hydrogens is 279 g/mol. The van der Waals surface area contributed by atoms with Gasteiger partial charge in [0.2, 0.25) is 10.0 Å². The molecular formula is C14H21FN2O2S. The zero-order chi connectivity index (χ0) is 14.9. The molecule has 0 unspecified atom stereocenters. The van der Waals surface area contributed by atoms with Crippen LogP contribution in [0.3, 0.4) is 0 Å². The van der Waals surface area contributed by atoms with Gasteiger partial charge < -0.3 is 5.32 Å². The lowest BCUT2D eigenvalue weighted by molar-refractivity contribution is 0.457. The SMILES string of the molecule is CC(C)NCc1ccc(S(=O)(=O)N(C)C2CC2)c(F)c1. The molecule has 1 saturated carbocycles. The minimum atomic E-state index is -3.72. The van der Waals surface area contributed by atoms with Gasteiger partial charge in [0.25, 0.3) is 0 Å². The molecule has 0 spiro atoms. The normalized spacial score (nSPS) is 16.1. The molecule has 1 fully saturated rings. The molecule has 4 nitrogen and oxygen atoms in total. The average Bonchev–Trinajstić information content (AvgIpc) is 3.19. The molecule has 1 aliphatic carbocycles. The van der Waals surface area contributed by atoms with Gasteiger partial charge in [-0.2, -0.15) is 4.31 Å². The smallest absolute Gasteiger partial charge is 0.245 e. The van der Waals surface area contributed by atoms with Crippen LogP contribution in [0.4, 0.5) is 4.39 Å². The van der Waals surface area contributed by atoms with Crippen LogP contribution in [0.5, 0.6) is 0 Å². The highest BCUT2D eigenvalue weighted by atomic mass is 32.2. The van der Waals surface area contributed by atoms with Crippen molar-refractivity contribution >= 4 is 10.0 Å². The van der Waals surface area contributed by atoms with E-state index < -0.39 is 15.8 Å². The van der Waals surface area contributed by atoms with Crippen LogP contribution in [0, 0.1) is 5.82 Å². The number of halogens is 1. The third-order valence-electron chi connectivity index (χ3n) is 3.43. The largest absolute Gasteiger partial charge is 0.310 e. The molecule has 0 bridgehead atoms. The number of sulfonamides is 1. The van der Waals surface area contributed by atoms with Crippen molar-refractivity contribution in [3.8, 4) is 0 Å². The van der Waals surface area contributed by atoms with Crippen molar-refractivity contribution in [1.82, 2.24) is 9.62 Å². The van der Waals surface area contributed by atoms with E-state index in [4.69, 9.17) is 0 Å². The topological polar surface area (TPSA) is 49.4 Å². The third-order valence-corrected chi connectivity index (χ3v) is 5.37. The second-order valence-corrected chi connectivity index (χ2v) is 7.52. The first-order chi connectivity index (χ1) is 9.32. The van der Waals surface area contributed by atoms with Crippen molar-refractivity contribution < 1.29 is 12.8 Å². The number of hydrogen-bond acceptors (Lipinski definition) is 3. The maximum absolute atomic E-state index is 14.1. The molecule has 1 aromatic carbocycles. The highest BCUT2D eigenvalue weighted by Gasteiger charge is 2.36. The number of benzene rings is 1. The van der Waals surface area contributed by atoms with Crippen molar-refractivity contribution in [2.24, 2.45) is 0 Å². The van der Waals surface area contributed by atoms with Crippen LogP contribution in [-0.4, -0.2) is 31.9 Å². The predicted molar refractivity (Wildman–Crippen MR) is 76.3 cm³/mol. The van der Waals surface area contributed by atoms with Gasteiger partial charge in [-0.15, -0.1) is 0 Å². The lowest BCUT2D eigenvalue weighted by Crippen LogP contribution is -2.29. The van der Waals surface area contributed by atoms with Crippen LogP contribution in [-0.2, 0) is 16.6 Å². The van der Waals surface area contributed by atoms with E-state index in [0.717, 1.165) is 18.4 Å². The maximum Gasteiger partial charge on any atom is 0.245 e. The number of nitrogens with zero attached hydrogens (tertiary/aromatic N) is 1. The number of rotatable bonds is 6. The Bertz CT molecular complexity index is 583. The first-order valence-electron chi connectivity index (χ1n) is 6.82. The molecule has 0 heterocycles. The van der Waals surface area contributed by atoms with Crippen LogP contribution in [0.2, 0.25) is 0 Å². The molecule has 1 N–H and O–H groups in total. The van der Waals surface area contributed by atoms with Crippen LogP contribution >= 0.6 is 0 Å². The van der Waals surface area contributed by atoms with Gasteiger partial charge in [-0.3, -0.25) is 0 Å². The van der Waals surface area contributed by atoms with Gasteiger partial charge in [0.05, 0.1) is 0 Å². The van der Waals surface area contributed by atoms with Gasteiger partial charge >= 0.3 is 0 Å².